The molecule has 26 heavy (non-hydrogen) atoms. The van der Waals surface area contributed by atoms with Gasteiger partial charge in [0.2, 0.25) is 11.8 Å². The van der Waals surface area contributed by atoms with Gasteiger partial charge in [-0.05, 0) is 13.3 Å². The minimum atomic E-state index is 0.119. The molecule has 3 rings (SSSR count). The highest BCUT2D eigenvalue weighted by Gasteiger charge is 2.20. The summed E-state index contributed by atoms with van der Waals surface area (Å²) in [6.07, 6.45) is 2.75. The zero-order chi connectivity index (χ0) is 18.4. The summed E-state index contributed by atoms with van der Waals surface area (Å²) in [7, 11) is 0. The van der Waals surface area contributed by atoms with Gasteiger partial charge < -0.3 is 9.73 Å². The van der Waals surface area contributed by atoms with E-state index in [0.29, 0.717) is 13.1 Å². The third-order valence-electron chi connectivity index (χ3n) is 4.82. The standard InChI is InChI=1S/C20H28N4O2/c1-3-16(2)22-19(25)14-23-9-11-24(12-10-23)15-20-21-13-18(26-20)17-7-5-4-6-8-17/h4-8,13,16H,3,9-12,14-15H2,1-2H3,(H,22,25). The maximum Gasteiger partial charge on any atom is 0.234 e. The van der Waals surface area contributed by atoms with Crippen molar-refractivity contribution in [2.45, 2.75) is 32.9 Å². The van der Waals surface area contributed by atoms with Gasteiger partial charge in [-0.1, -0.05) is 37.3 Å². The molecule has 1 aromatic heterocycles. The van der Waals surface area contributed by atoms with Gasteiger partial charge in [0, 0.05) is 37.8 Å². The molecule has 1 fully saturated rings. The molecular formula is C20H28N4O2. The fourth-order valence-electron chi connectivity index (χ4n) is 3.04. The molecule has 140 valence electrons. The maximum atomic E-state index is 12.0. The van der Waals surface area contributed by atoms with E-state index in [1.54, 1.807) is 6.20 Å². The van der Waals surface area contributed by atoms with E-state index in [4.69, 9.17) is 4.42 Å². The number of hydrogen-bond donors (Lipinski definition) is 1. The number of carbonyl (C=O) groups excluding carboxylic acids is 1. The van der Waals surface area contributed by atoms with Crippen molar-refractivity contribution >= 4 is 5.91 Å². The first-order valence-electron chi connectivity index (χ1n) is 9.38. The van der Waals surface area contributed by atoms with Crippen molar-refractivity contribution in [3.63, 3.8) is 0 Å². The number of piperazine rings is 1. The molecule has 0 saturated carbocycles. The topological polar surface area (TPSA) is 61.6 Å². The summed E-state index contributed by atoms with van der Waals surface area (Å²) >= 11 is 0. The molecule has 2 heterocycles. The molecule has 1 aromatic carbocycles. The monoisotopic (exact) mass is 356 g/mol. The predicted octanol–water partition coefficient (Wildman–Crippen LogP) is 2.37. The van der Waals surface area contributed by atoms with Crippen LogP contribution in [0.4, 0.5) is 0 Å². The van der Waals surface area contributed by atoms with Gasteiger partial charge in [0.25, 0.3) is 0 Å². The van der Waals surface area contributed by atoms with Gasteiger partial charge in [-0.25, -0.2) is 4.98 Å². The van der Waals surface area contributed by atoms with Gasteiger partial charge in [-0.15, -0.1) is 0 Å². The number of nitrogens with zero attached hydrogens (tertiary/aromatic N) is 3. The zero-order valence-electron chi connectivity index (χ0n) is 15.6. The van der Waals surface area contributed by atoms with Crippen molar-refractivity contribution in [3.8, 4) is 11.3 Å². The van der Waals surface area contributed by atoms with E-state index in [-0.39, 0.29) is 11.9 Å². The van der Waals surface area contributed by atoms with Crippen LogP contribution in [0.1, 0.15) is 26.2 Å². The number of benzene rings is 1. The Hall–Kier alpha value is -2.18. The van der Waals surface area contributed by atoms with Crippen LogP contribution in [0.5, 0.6) is 0 Å². The van der Waals surface area contributed by atoms with Gasteiger partial charge in [-0.3, -0.25) is 14.6 Å². The summed E-state index contributed by atoms with van der Waals surface area (Å²) in [6, 6.07) is 10.3. The molecule has 1 unspecified atom stereocenters. The number of hydrogen-bond acceptors (Lipinski definition) is 5. The van der Waals surface area contributed by atoms with Crippen LogP contribution in [0.15, 0.2) is 40.9 Å². The van der Waals surface area contributed by atoms with E-state index in [2.05, 4.69) is 27.0 Å². The molecule has 1 atom stereocenters. The van der Waals surface area contributed by atoms with Gasteiger partial charge in [-0.2, -0.15) is 0 Å². The van der Waals surface area contributed by atoms with Crippen molar-refractivity contribution in [3.05, 3.63) is 42.4 Å². The Morgan fingerprint density at radius 3 is 2.58 bits per heavy atom. The highest BCUT2D eigenvalue weighted by atomic mass is 16.4. The first-order valence-corrected chi connectivity index (χ1v) is 9.38. The second-order valence-corrected chi connectivity index (χ2v) is 6.91. The summed E-state index contributed by atoms with van der Waals surface area (Å²) in [4.78, 5) is 20.9. The molecule has 6 nitrogen and oxygen atoms in total. The first-order chi connectivity index (χ1) is 12.6. The lowest BCUT2D eigenvalue weighted by atomic mass is 10.2. The van der Waals surface area contributed by atoms with Gasteiger partial charge in [0.1, 0.15) is 0 Å². The van der Waals surface area contributed by atoms with E-state index >= 15 is 0 Å². The maximum absolute atomic E-state index is 12.0. The van der Waals surface area contributed by atoms with Crippen molar-refractivity contribution in [1.29, 1.82) is 0 Å². The lowest BCUT2D eigenvalue weighted by Gasteiger charge is -2.33. The number of amides is 1. The van der Waals surface area contributed by atoms with Crippen LogP contribution in [-0.2, 0) is 11.3 Å². The molecular weight excluding hydrogens is 328 g/mol. The highest BCUT2D eigenvalue weighted by Crippen LogP contribution is 2.20. The Labute approximate surface area is 155 Å². The lowest BCUT2D eigenvalue weighted by Crippen LogP contribution is -2.49. The van der Waals surface area contributed by atoms with Gasteiger partial charge in [0.15, 0.2) is 5.76 Å². The van der Waals surface area contributed by atoms with Crippen LogP contribution < -0.4 is 5.32 Å². The highest BCUT2D eigenvalue weighted by molar-refractivity contribution is 5.78. The first kappa shape index (κ1) is 18.6. The van der Waals surface area contributed by atoms with Crippen molar-refractivity contribution in [1.82, 2.24) is 20.1 Å². The summed E-state index contributed by atoms with van der Waals surface area (Å²) in [5.41, 5.74) is 1.04. The Morgan fingerprint density at radius 1 is 1.19 bits per heavy atom. The summed E-state index contributed by atoms with van der Waals surface area (Å²) in [5, 5.41) is 3.03. The largest absolute Gasteiger partial charge is 0.439 e. The molecule has 1 N–H and O–H groups in total. The van der Waals surface area contributed by atoms with E-state index < -0.39 is 0 Å². The van der Waals surface area contributed by atoms with Crippen LogP contribution in [-0.4, -0.2) is 59.5 Å². The SMILES string of the molecule is CCC(C)NC(=O)CN1CCN(Cc2ncc(-c3ccccc3)o2)CC1. The van der Waals surface area contributed by atoms with Crippen molar-refractivity contribution in [2.75, 3.05) is 32.7 Å². The second-order valence-electron chi connectivity index (χ2n) is 6.91. The molecule has 0 bridgehead atoms. The fourth-order valence-corrected chi connectivity index (χ4v) is 3.04. The predicted molar refractivity (Wildman–Crippen MR) is 102 cm³/mol. The van der Waals surface area contributed by atoms with E-state index in [1.165, 1.54) is 0 Å². The fraction of sp³-hybridized carbons (Fsp3) is 0.500. The summed E-state index contributed by atoms with van der Waals surface area (Å²) in [5.74, 6) is 1.67. The minimum absolute atomic E-state index is 0.119. The van der Waals surface area contributed by atoms with Crippen LogP contribution in [0.3, 0.4) is 0 Å². The van der Waals surface area contributed by atoms with Crippen molar-refractivity contribution < 1.29 is 9.21 Å². The Balaban J connectivity index is 1.44. The number of oxazole rings is 1. The smallest absolute Gasteiger partial charge is 0.234 e. The number of nitrogens with one attached hydrogen (secondary N) is 1. The number of carbonyl (C=O) groups is 1. The Bertz CT molecular complexity index is 693. The molecule has 1 aliphatic rings. The summed E-state index contributed by atoms with van der Waals surface area (Å²) in [6.45, 7) is 8.92. The molecule has 0 radical (unpaired) electrons. The number of rotatable bonds is 7. The zero-order valence-corrected chi connectivity index (χ0v) is 15.6. The molecule has 0 aliphatic carbocycles. The van der Waals surface area contributed by atoms with E-state index in [0.717, 1.165) is 49.8 Å². The molecule has 2 aromatic rings. The third kappa shape index (κ3) is 5.16. The molecule has 1 amide bonds. The second kappa shape index (κ2) is 8.96. The Kier molecular flexibility index (Phi) is 6.41. The van der Waals surface area contributed by atoms with Crippen LogP contribution in [0.2, 0.25) is 0 Å². The normalized spacial score (nSPS) is 17.2. The molecule has 1 saturated heterocycles. The number of aromatic nitrogens is 1. The quantitative estimate of drug-likeness (QED) is 0.825. The molecule has 0 spiro atoms. The van der Waals surface area contributed by atoms with Crippen molar-refractivity contribution in [2.24, 2.45) is 0 Å². The average molecular weight is 356 g/mol. The Morgan fingerprint density at radius 2 is 1.88 bits per heavy atom. The van der Waals surface area contributed by atoms with Gasteiger partial charge >= 0.3 is 0 Å². The molecule has 1 aliphatic heterocycles. The van der Waals surface area contributed by atoms with E-state index in [1.807, 2.05) is 37.3 Å². The summed E-state index contributed by atoms with van der Waals surface area (Å²) < 4.78 is 5.89. The van der Waals surface area contributed by atoms with Crippen LogP contribution >= 0.6 is 0 Å². The van der Waals surface area contributed by atoms with Crippen LogP contribution in [0.25, 0.3) is 11.3 Å². The minimum Gasteiger partial charge on any atom is -0.439 e. The lowest BCUT2D eigenvalue weighted by molar-refractivity contribution is -0.123. The average Bonchev–Trinajstić information content (AvgIpc) is 3.12. The molecule has 6 heteroatoms. The van der Waals surface area contributed by atoms with Crippen LogP contribution in [0, 0.1) is 0 Å². The third-order valence-corrected chi connectivity index (χ3v) is 4.82. The van der Waals surface area contributed by atoms with Gasteiger partial charge in [0.05, 0.1) is 19.3 Å². The van der Waals surface area contributed by atoms with E-state index in [9.17, 15) is 4.79 Å².